The quantitative estimate of drug-likeness (QED) is 0.748. The first-order valence-corrected chi connectivity index (χ1v) is 6.75. The lowest BCUT2D eigenvalue weighted by atomic mass is 10.0. The van der Waals surface area contributed by atoms with Crippen LogP contribution in [-0.2, 0) is 4.79 Å². The third-order valence-corrected chi connectivity index (χ3v) is 3.54. The SMILES string of the molecule is O=C(CCC(=O)c1ccc(Br)cc1)CC1CC1. The molecule has 0 saturated heterocycles. The second-order valence-electron chi connectivity index (χ2n) is 4.62. The van der Waals surface area contributed by atoms with Crippen molar-refractivity contribution >= 4 is 27.5 Å². The van der Waals surface area contributed by atoms with Crippen LogP contribution in [0.5, 0.6) is 0 Å². The summed E-state index contributed by atoms with van der Waals surface area (Å²) in [4.78, 5) is 23.3. The number of carbonyl (C=O) groups excluding carboxylic acids is 2. The van der Waals surface area contributed by atoms with E-state index in [1.165, 1.54) is 12.8 Å². The summed E-state index contributed by atoms with van der Waals surface area (Å²) >= 11 is 3.33. The van der Waals surface area contributed by atoms with E-state index in [-0.39, 0.29) is 11.6 Å². The largest absolute Gasteiger partial charge is 0.300 e. The first-order valence-electron chi connectivity index (χ1n) is 5.95. The van der Waals surface area contributed by atoms with Crippen molar-refractivity contribution in [3.63, 3.8) is 0 Å². The number of hydrogen-bond acceptors (Lipinski definition) is 2. The minimum atomic E-state index is 0.0571. The second-order valence-corrected chi connectivity index (χ2v) is 5.53. The number of rotatable bonds is 6. The van der Waals surface area contributed by atoms with Gasteiger partial charge in [0.1, 0.15) is 5.78 Å². The number of Topliss-reactive ketones (excluding diaryl/α,β-unsaturated/α-hetero) is 2. The van der Waals surface area contributed by atoms with Crippen LogP contribution in [0, 0.1) is 5.92 Å². The maximum atomic E-state index is 11.8. The van der Waals surface area contributed by atoms with E-state index in [2.05, 4.69) is 15.9 Å². The molecule has 17 heavy (non-hydrogen) atoms. The molecule has 1 aromatic rings. The van der Waals surface area contributed by atoms with Gasteiger partial charge in [-0.3, -0.25) is 9.59 Å². The lowest BCUT2D eigenvalue weighted by Crippen LogP contribution is -2.05. The molecule has 1 fully saturated rings. The van der Waals surface area contributed by atoms with Gasteiger partial charge in [0.05, 0.1) is 0 Å². The Bertz CT molecular complexity index is 418. The molecule has 0 bridgehead atoms. The minimum Gasteiger partial charge on any atom is -0.300 e. The van der Waals surface area contributed by atoms with Gasteiger partial charge in [-0.05, 0) is 30.9 Å². The monoisotopic (exact) mass is 294 g/mol. The van der Waals surface area contributed by atoms with Gasteiger partial charge in [-0.15, -0.1) is 0 Å². The van der Waals surface area contributed by atoms with Crippen LogP contribution in [0.2, 0.25) is 0 Å². The molecule has 90 valence electrons. The molecule has 0 spiro atoms. The molecular formula is C14H15BrO2. The molecular weight excluding hydrogens is 280 g/mol. The Hall–Kier alpha value is -0.960. The molecule has 0 amide bonds. The molecule has 0 aromatic heterocycles. The van der Waals surface area contributed by atoms with E-state index in [0.717, 1.165) is 4.47 Å². The molecule has 2 nitrogen and oxygen atoms in total. The number of hydrogen-bond donors (Lipinski definition) is 0. The minimum absolute atomic E-state index is 0.0571. The van der Waals surface area contributed by atoms with E-state index in [9.17, 15) is 9.59 Å². The summed E-state index contributed by atoms with van der Waals surface area (Å²) in [5, 5.41) is 0. The fourth-order valence-electron chi connectivity index (χ4n) is 1.78. The van der Waals surface area contributed by atoms with E-state index in [0.29, 0.717) is 30.7 Å². The van der Waals surface area contributed by atoms with Crippen molar-refractivity contribution in [3.8, 4) is 0 Å². The maximum absolute atomic E-state index is 11.8. The number of halogens is 1. The van der Waals surface area contributed by atoms with Crippen LogP contribution in [0.25, 0.3) is 0 Å². The van der Waals surface area contributed by atoms with Crippen LogP contribution >= 0.6 is 15.9 Å². The zero-order valence-electron chi connectivity index (χ0n) is 9.62. The van der Waals surface area contributed by atoms with E-state index in [4.69, 9.17) is 0 Å². The molecule has 0 N–H and O–H groups in total. The van der Waals surface area contributed by atoms with Crippen molar-refractivity contribution in [1.29, 1.82) is 0 Å². The Morgan fingerprint density at radius 3 is 2.35 bits per heavy atom. The van der Waals surface area contributed by atoms with E-state index < -0.39 is 0 Å². The summed E-state index contributed by atoms with van der Waals surface area (Å²) in [5.41, 5.74) is 0.687. The topological polar surface area (TPSA) is 34.1 Å². The zero-order chi connectivity index (χ0) is 12.3. The van der Waals surface area contributed by atoms with Crippen molar-refractivity contribution in [2.24, 2.45) is 5.92 Å². The van der Waals surface area contributed by atoms with Crippen molar-refractivity contribution in [3.05, 3.63) is 34.3 Å². The van der Waals surface area contributed by atoms with Crippen molar-refractivity contribution in [2.75, 3.05) is 0 Å². The average Bonchev–Trinajstić information content (AvgIpc) is 3.11. The summed E-state index contributed by atoms with van der Waals surface area (Å²) in [5.74, 6) is 0.907. The molecule has 0 unspecified atom stereocenters. The lowest BCUT2D eigenvalue weighted by Gasteiger charge is -2.01. The molecule has 0 atom stereocenters. The van der Waals surface area contributed by atoms with Gasteiger partial charge in [0.15, 0.2) is 5.78 Å². The highest BCUT2D eigenvalue weighted by molar-refractivity contribution is 9.10. The molecule has 1 aromatic carbocycles. The van der Waals surface area contributed by atoms with Crippen LogP contribution in [0.1, 0.15) is 42.5 Å². The van der Waals surface area contributed by atoms with E-state index in [1.807, 2.05) is 12.1 Å². The predicted molar refractivity (Wildman–Crippen MR) is 70.1 cm³/mol. The normalized spacial score (nSPS) is 14.6. The molecule has 2 rings (SSSR count). The smallest absolute Gasteiger partial charge is 0.163 e. The molecule has 0 heterocycles. The van der Waals surface area contributed by atoms with Gasteiger partial charge in [0.25, 0.3) is 0 Å². The molecule has 1 aliphatic rings. The van der Waals surface area contributed by atoms with E-state index in [1.54, 1.807) is 12.1 Å². The Balaban J connectivity index is 1.79. The van der Waals surface area contributed by atoms with Gasteiger partial charge >= 0.3 is 0 Å². The van der Waals surface area contributed by atoms with Crippen molar-refractivity contribution in [1.82, 2.24) is 0 Å². The first-order chi connectivity index (χ1) is 8.15. The summed E-state index contributed by atoms with van der Waals surface area (Å²) in [6.07, 6.45) is 3.78. The molecule has 1 saturated carbocycles. The molecule has 3 heteroatoms. The summed E-state index contributed by atoms with van der Waals surface area (Å²) in [7, 11) is 0. The second kappa shape index (κ2) is 5.58. The third-order valence-electron chi connectivity index (χ3n) is 3.01. The standard InChI is InChI=1S/C14H15BrO2/c15-12-5-3-11(4-6-12)14(17)8-7-13(16)9-10-1-2-10/h3-6,10H,1-2,7-9H2. The number of benzene rings is 1. The Labute approximate surface area is 110 Å². The number of ketones is 2. The van der Waals surface area contributed by atoms with Gasteiger partial charge < -0.3 is 0 Å². The van der Waals surface area contributed by atoms with Crippen LogP contribution < -0.4 is 0 Å². The summed E-state index contributed by atoms with van der Waals surface area (Å²) in [6, 6.07) is 7.27. The average molecular weight is 295 g/mol. The van der Waals surface area contributed by atoms with Gasteiger partial charge in [-0.2, -0.15) is 0 Å². The van der Waals surface area contributed by atoms with Gasteiger partial charge in [-0.25, -0.2) is 0 Å². The van der Waals surface area contributed by atoms with Crippen LogP contribution in [0.4, 0.5) is 0 Å². The van der Waals surface area contributed by atoms with Gasteiger partial charge in [0.2, 0.25) is 0 Å². The highest BCUT2D eigenvalue weighted by Gasteiger charge is 2.24. The van der Waals surface area contributed by atoms with Crippen molar-refractivity contribution < 1.29 is 9.59 Å². The first kappa shape index (κ1) is 12.5. The maximum Gasteiger partial charge on any atom is 0.163 e. The van der Waals surface area contributed by atoms with Crippen LogP contribution in [0.15, 0.2) is 28.7 Å². The highest BCUT2D eigenvalue weighted by Crippen LogP contribution is 2.33. The number of carbonyl (C=O) groups is 2. The zero-order valence-corrected chi connectivity index (χ0v) is 11.2. The van der Waals surface area contributed by atoms with Crippen molar-refractivity contribution in [2.45, 2.75) is 32.1 Å². The predicted octanol–water partition coefficient (Wildman–Crippen LogP) is 3.78. The van der Waals surface area contributed by atoms with Crippen LogP contribution in [0.3, 0.4) is 0 Å². The summed E-state index contributed by atoms with van der Waals surface area (Å²) in [6.45, 7) is 0. The Kier molecular flexibility index (Phi) is 4.11. The van der Waals surface area contributed by atoms with Gasteiger partial charge in [0, 0.05) is 29.3 Å². The Morgan fingerprint density at radius 1 is 1.12 bits per heavy atom. The lowest BCUT2D eigenvalue weighted by molar-refractivity contribution is -0.119. The fraction of sp³-hybridized carbons (Fsp3) is 0.429. The Morgan fingerprint density at radius 2 is 1.76 bits per heavy atom. The molecule has 1 aliphatic carbocycles. The summed E-state index contributed by atoms with van der Waals surface area (Å²) < 4.78 is 0.957. The van der Waals surface area contributed by atoms with E-state index >= 15 is 0 Å². The van der Waals surface area contributed by atoms with Crippen LogP contribution in [-0.4, -0.2) is 11.6 Å². The third kappa shape index (κ3) is 4.08. The molecule has 0 radical (unpaired) electrons. The fourth-order valence-corrected chi connectivity index (χ4v) is 2.04. The molecule has 0 aliphatic heterocycles. The highest BCUT2D eigenvalue weighted by atomic mass is 79.9. The van der Waals surface area contributed by atoms with Gasteiger partial charge in [-0.1, -0.05) is 28.1 Å².